The van der Waals surface area contributed by atoms with Gasteiger partial charge in [0.15, 0.2) is 5.69 Å². The maximum atomic E-state index is 13.1. The molecule has 0 aliphatic carbocycles. The Bertz CT molecular complexity index is 611. The van der Waals surface area contributed by atoms with Crippen LogP contribution in [-0.4, -0.2) is 11.5 Å². The number of thiazole rings is 1. The third-order valence-electron chi connectivity index (χ3n) is 2.78. The zero-order valence-electron chi connectivity index (χ0n) is 11.3. The summed E-state index contributed by atoms with van der Waals surface area (Å²) in [5, 5.41) is 3.38. The van der Waals surface area contributed by atoms with Gasteiger partial charge in [-0.3, -0.25) is 0 Å². The van der Waals surface area contributed by atoms with Crippen molar-refractivity contribution in [3.8, 4) is 10.6 Å². The van der Waals surface area contributed by atoms with Gasteiger partial charge in [0.05, 0.1) is 4.88 Å². The van der Waals surface area contributed by atoms with Gasteiger partial charge in [-0.2, -0.15) is 13.2 Å². The molecule has 0 atom stereocenters. The van der Waals surface area contributed by atoms with Crippen LogP contribution < -0.4 is 5.32 Å². The predicted molar refractivity (Wildman–Crippen MR) is 82.2 cm³/mol. The molecule has 0 fully saturated rings. The molecule has 2 aromatic rings. The average Bonchev–Trinajstić information content (AvgIpc) is 2.83. The van der Waals surface area contributed by atoms with Crippen LogP contribution in [-0.2, 0) is 12.7 Å². The lowest BCUT2D eigenvalue weighted by atomic mass is 10.2. The molecule has 0 saturated heterocycles. The number of rotatable bonds is 5. The van der Waals surface area contributed by atoms with Gasteiger partial charge in [-0.25, -0.2) is 4.98 Å². The summed E-state index contributed by atoms with van der Waals surface area (Å²) in [4.78, 5) is 4.04. The van der Waals surface area contributed by atoms with Gasteiger partial charge in [0.25, 0.3) is 0 Å². The molecule has 0 radical (unpaired) electrons. The van der Waals surface area contributed by atoms with Gasteiger partial charge in [-0.05, 0) is 19.0 Å². The highest BCUT2D eigenvalue weighted by atomic mass is 79.9. The summed E-state index contributed by atoms with van der Waals surface area (Å²) in [6, 6.07) is 7.14. The van der Waals surface area contributed by atoms with Crippen molar-refractivity contribution in [2.24, 2.45) is 0 Å². The van der Waals surface area contributed by atoms with E-state index in [9.17, 15) is 13.2 Å². The van der Waals surface area contributed by atoms with E-state index in [1.807, 2.05) is 13.0 Å². The molecule has 0 unspecified atom stereocenters. The van der Waals surface area contributed by atoms with Gasteiger partial charge in [0.1, 0.15) is 5.01 Å². The Hall–Kier alpha value is -0.920. The van der Waals surface area contributed by atoms with Crippen LogP contribution in [0.1, 0.15) is 23.9 Å². The maximum Gasteiger partial charge on any atom is 0.434 e. The van der Waals surface area contributed by atoms with E-state index in [0.29, 0.717) is 17.1 Å². The first-order valence-electron chi connectivity index (χ1n) is 6.46. The number of nitrogens with zero attached hydrogens (tertiary/aromatic N) is 1. The van der Waals surface area contributed by atoms with Gasteiger partial charge in [0.2, 0.25) is 0 Å². The molecule has 7 heteroatoms. The van der Waals surface area contributed by atoms with Crippen molar-refractivity contribution in [2.45, 2.75) is 26.1 Å². The molecule has 0 spiro atoms. The van der Waals surface area contributed by atoms with E-state index in [1.54, 1.807) is 18.2 Å². The third-order valence-corrected chi connectivity index (χ3v) is 4.56. The molecule has 1 heterocycles. The lowest BCUT2D eigenvalue weighted by Gasteiger charge is -2.06. The van der Waals surface area contributed by atoms with E-state index in [0.717, 1.165) is 22.2 Å². The molecule has 1 aromatic carbocycles. The van der Waals surface area contributed by atoms with E-state index in [4.69, 9.17) is 0 Å². The Kier molecular flexibility index (Phi) is 5.40. The monoisotopic (exact) mass is 378 g/mol. The summed E-state index contributed by atoms with van der Waals surface area (Å²) in [5.41, 5.74) is -0.114. The highest BCUT2D eigenvalue weighted by Crippen LogP contribution is 2.39. The molecule has 2 nitrogen and oxygen atoms in total. The van der Waals surface area contributed by atoms with Crippen LogP contribution in [0.3, 0.4) is 0 Å². The van der Waals surface area contributed by atoms with Crippen LogP contribution in [0.15, 0.2) is 28.7 Å². The van der Waals surface area contributed by atoms with Crippen molar-refractivity contribution in [2.75, 3.05) is 6.54 Å². The summed E-state index contributed by atoms with van der Waals surface area (Å²) < 4.78 is 40.0. The van der Waals surface area contributed by atoms with Crippen molar-refractivity contribution in [1.29, 1.82) is 0 Å². The second kappa shape index (κ2) is 6.89. The Balaban J connectivity index is 2.38. The van der Waals surface area contributed by atoms with E-state index < -0.39 is 11.9 Å². The lowest BCUT2D eigenvalue weighted by molar-refractivity contribution is -0.141. The summed E-state index contributed by atoms with van der Waals surface area (Å²) in [6.07, 6.45) is -3.56. The standard InChI is InChI=1S/C14H14BrF3N2S/c1-2-7-19-8-11-12(14(16,17)18)20-13(21-11)9-5-3-4-6-10(9)15/h3-6,19H,2,7-8H2,1H3. The second-order valence-corrected chi connectivity index (χ2v) is 6.38. The highest BCUT2D eigenvalue weighted by Gasteiger charge is 2.37. The largest absolute Gasteiger partial charge is 0.434 e. The minimum absolute atomic E-state index is 0.185. The summed E-state index contributed by atoms with van der Waals surface area (Å²) in [6.45, 7) is 2.83. The average molecular weight is 379 g/mol. The summed E-state index contributed by atoms with van der Waals surface area (Å²) in [7, 11) is 0. The van der Waals surface area contributed by atoms with Crippen LogP contribution in [0.25, 0.3) is 10.6 Å². The number of aromatic nitrogens is 1. The Morgan fingerprint density at radius 2 is 2.00 bits per heavy atom. The van der Waals surface area contributed by atoms with E-state index in [1.165, 1.54) is 0 Å². The Labute approximate surface area is 133 Å². The van der Waals surface area contributed by atoms with E-state index >= 15 is 0 Å². The van der Waals surface area contributed by atoms with Crippen molar-refractivity contribution < 1.29 is 13.2 Å². The number of hydrogen-bond donors (Lipinski definition) is 1. The SMILES string of the molecule is CCCNCc1sc(-c2ccccc2Br)nc1C(F)(F)F. The highest BCUT2D eigenvalue weighted by molar-refractivity contribution is 9.10. The van der Waals surface area contributed by atoms with Crippen molar-refractivity contribution >= 4 is 27.3 Å². The van der Waals surface area contributed by atoms with Crippen molar-refractivity contribution in [3.05, 3.63) is 39.3 Å². The van der Waals surface area contributed by atoms with Crippen LogP contribution in [0, 0.1) is 0 Å². The zero-order valence-corrected chi connectivity index (χ0v) is 13.7. The van der Waals surface area contributed by atoms with Crippen molar-refractivity contribution in [1.82, 2.24) is 10.3 Å². The molecule has 0 aliphatic rings. The number of halogens is 4. The topological polar surface area (TPSA) is 24.9 Å². The molecule has 114 valence electrons. The van der Waals surface area contributed by atoms with Gasteiger partial charge in [-0.1, -0.05) is 41.1 Å². The smallest absolute Gasteiger partial charge is 0.312 e. The first-order valence-corrected chi connectivity index (χ1v) is 8.07. The van der Waals surface area contributed by atoms with Crippen LogP contribution in [0.2, 0.25) is 0 Å². The number of benzene rings is 1. The number of alkyl halides is 3. The van der Waals surface area contributed by atoms with E-state index in [2.05, 4.69) is 26.2 Å². The molecular formula is C14H14BrF3N2S. The number of nitrogens with one attached hydrogen (secondary N) is 1. The molecule has 1 aromatic heterocycles. The van der Waals surface area contributed by atoms with Gasteiger partial charge < -0.3 is 5.32 Å². The Morgan fingerprint density at radius 1 is 1.29 bits per heavy atom. The lowest BCUT2D eigenvalue weighted by Crippen LogP contribution is -2.17. The quantitative estimate of drug-likeness (QED) is 0.732. The van der Waals surface area contributed by atoms with Crippen LogP contribution in [0.5, 0.6) is 0 Å². The van der Waals surface area contributed by atoms with Gasteiger partial charge in [0, 0.05) is 16.6 Å². The second-order valence-electron chi connectivity index (χ2n) is 4.45. The predicted octanol–water partition coefficient (Wildman–Crippen LogP) is 5.09. The number of hydrogen-bond acceptors (Lipinski definition) is 3. The van der Waals surface area contributed by atoms with Crippen LogP contribution >= 0.6 is 27.3 Å². The fourth-order valence-corrected chi connectivity index (χ4v) is 3.52. The normalized spacial score (nSPS) is 11.9. The minimum atomic E-state index is -4.43. The Morgan fingerprint density at radius 3 is 2.62 bits per heavy atom. The molecule has 0 amide bonds. The first-order chi connectivity index (χ1) is 9.93. The zero-order chi connectivity index (χ0) is 15.5. The third kappa shape index (κ3) is 4.05. The minimum Gasteiger partial charge on any atom is -0.312 e. The molecule has 0 saturated carbocycles. The molecule has 0 bridgehead atoms. The maximum absolute atomic E-state index is 13.1. The molecule has 1 N–H and O–H groups in total. The van der Waals surface area contributed by atoms with Crippen molar-refractivity contribution in [3.63, 3.8) is 0 Å². The van der Waals surface area contributed by atoms with Crippen LogP contribution in [0.4, 0.5) is 13.2 Å². The fourth-order valence-electron chi connectivity index (χ4n) is 1.82. The molecule has 0 aliphatic heterocycles. The molecule has 2 rings (SSSR count). The summed E-state index contributed by atoms with van der Waals surface area (Å²) in [5.74, 6) is 0. The molecular weight excluding hydrogens is 365 g/mol. The fraction of sp³-hybridized carbons (Fsp3) is 0.357. The first kappa shape index (κ1) is 16.5. The summed E-state index contributed by atoms with van der Waals surface area (Å²) >= 11 is 4.43. The van der Waals surface area contributed by atoms with E-state index in [-0.39, 0.29) is 11.4 Å². The van der Waals surface area contributed by atoms with Gasteiger partial charge in [-0.15, -0.1) is 11.3 Å². The van der Waals surface area contributed by atoms with Gasteiger partial charge >= 0.3 is 6.18 Å². The molecule has 21 heavy (non-hydrogen) atoms.